The van der Waals surface area contributed by atoms with Gasteiger partial charge in [-0.05, 0) is 40.0 Å². The van der Waals surface area contributed by atoms with E-state index in [2.05, 4.69) is 29.2 Å². The van der Waals surface area contributed by atoms with Gasteiger partial charge in [0.1, 0.15) is 5.82 Å². The fraction of sp³-hybridized carbons (Fsp3) is 0.786. The van der Waals surface area contributed by atoms with Gasteiger partial charge in [-0.3, -0.25) is 4.90 Å². The second kappa shape index (κ2) is 4.71. The number of hydrogen-bond acceptors (Lipinski definition) is 4. The van der Waals surface area contributed by atoms with Gasteiger partial charge in [0.15, 0.2) is 0 Å². The zero-order chi connectivity index (χ0) is 13.6. The quantitative estimate of drug-likeness (QED) is 0.872. The Labute approximate surface area is 115 Å². The Kier molecular flexibility index (Phi) is 3.17. The predicted molar refractivity (Wildman–Crippen MR) is 78.4 cm³/mol. The molecular formula is C14H25N5. The van der Waals surface area contributed by atoms with E-state index in [1.807, 2.05) is 11.6 Å². The number of nitrogen functional groups attached to an aromatic ring is 1. The van der Waals surface area contributed by atoms with Gasteiger partial charge in [0.25, 0.3) is 0 Å². The molecule has 3 N–H and O–H groups in total. The average Bonchev–Trinajstić information content (AvgIpc) is 3.06. The van der Waals surface area contributed by atoms with Crippen LogP contribution in [0.25, 0.3) is 0 Å². The van der Waals surface area contributed by atoms with E-state index in [4.69, 9.17) is 5.73 Å². The molecule has 106 valence electrons. The molecule has 5 nitrogen and oxygen atoms in total. The molecule has 1 aliphatic carbocycles. The van der Waals surface area contributed by atoms with Crippen molar-refractivity contribution in [3.05, 3.63) is 5.69 Å². The largest absolute Gasteiger partial charge is 0.394 e. The second-order valence-corrected chi connectivity index (χ2v) is 6.24. The summed E-state index contributed by atoms with van der Waals surface area (Å²) < 4.78 is 2.02. The third kappa shape index (κ3) is 2.43. The van der Waals surface area contributed by atoms with E-state index in [1.165, 1.54) is 25.8 Å². The minimum atomic E-state index is 0.333. The lowest BCUT2D eigenvalue weighted by molar-refractivity contribution is 0.326. The number of aryl methyl sites for hydroxylation is 1. The standard InChI is InChI=1S/C14H25N5/c1-9(2)19-14(13(15)10(3)17-19)16-11-6-7-18(8-11)12-4-5-12/h9,11-12,16H,4-8,15H2,1-3H3. The lowest BCUT2D eigenvalue weighted by Crippen LogP contribution is -2.28. The first-order valence-electron chi connectivity index (χ1n) is 7.41. The van der Waals surface area contributed by atoms with Crippen LogP contribution in [0.2, 0.25) is 0 Å². The van der Waals surface area contributed by atoms with E-state index < -0.39 is 0 Å². The van der Waals surface area contributed by atoms with Crippen LogP contribution < -0.4 is 11.1 Å². The fourth-order valence-corrected chi connectivity index (χ4v) is 2.95. The average molecular weight is 263 g/mol. The molecule has 2 aliphatic rings. The van der Waals surface area contributed by atoms with E-state index in [0.717, 1.165) is 29.8 Å². The zero-order valence-electron chi connectivity index (χ0n) is 12.2. The summed E-state index contributed by atoms with van der Waals surface area (Å²) in [5, 5.41) is 8.16. The van der Waals surface area contributed by atoms with Gasteiger partial charge in [0, 0.05) is 31.2 Å². The molecule has 1 atom stereocenters. The van der Waals surface area contributed by atoms with Crippen molar-refractivity contribution in [2.45, 2.75) is 58.2 Å². The molecule has 1 aromatic heterocycles. The van der Waals surface area contributed by atoms with Crippen LogP contribution in [0.4, 0.5) is 11.5 Å². The number of aromatic nitrogens is 2. The Balaban J connectivity index is 1.72. The fourth-order valence-electron chi connectivity index (χ4n) is 2.95. The van der Waals surface area contributed by atoms with E-state index in [1.54, 1.807) is 0 Å². The minimum Gasteiger partial charge on any atom is -0.394 e. The van der Waals surface area contributed by atoms with Gasteiger partial charge in [-0.1, -0.05) is 0 Å². The molecule has 1 saturated heterocycles. The van der Waals surface area contributed by atoms with E-state index in [-0.39, 0.29) is 0 Å². The highest BCUT2D eigenvalue weighted by molar-refractivity contribution is 5.65. The van der Waals surface area contributed by atoms with Crippen molar-refractivity contribution in [1.82, 2.24) is 14.7 Å². The normalized spacial score (nSPS) is 24.3. The highest BCUT2D eigenvalue weighted by Crippen LogP contribution is 2.32. The molecule has 1 saturated carbocycles. The van der Waals surface area contributed by atoms with Gasteiger partial charge in [-0.15, -0.1) is 0 Å². The summed E-state index contributed by atoms with van der Waals surface area (Å²) in [4.78, 5) is 2.61. The predicted octanol–water partition coefficient (Wildman–Crippen LogP) is 2.00. The Morgan fingerprint density at radius 2 is 2.05 bits per heavy atom. The van der Waals surface area contributed by atoms with Crippen LogP contribution in [0.15, 0.2) is 0 Å². The van der Waals surface area contributed by atoms with Crippen molar-refractivity contribution in [3.8, 4) is 0 Å². The first-order chi connectivity index (χ1) is 9.06. The van der Waals surface area contributed by atoms with Gasteiger partial charge < -0.3 is 11.1 Å². The number of likely N-dealkylation sites (tertiary alicyclic amines) is 1. The number of hydrogen-bond donors (Lipinski definition) is 2. The van der Waals surface area contributed by atoms with Gasteiger partial charge >= 0.3 is 0 Å². The van der Waals surface area contributed by atoms with Crippen LogP contribution >= 0.6 is 0 Å². The second-order valence-electron chi connectivity index (χ2n) is 6.24. The summed E-state index contributed by atoms with van der Waals surface area (Å²) in [6.45, 7) is 8.62. The summed E-state index contributed by atoms with van der Waals surface area (Å²) in [6.07, 6.45) is 3.98. The number of rotatable bonds is 4. The molecular weight excluding hydrogens is 238 g/mol. The van der Waals surface area contributed by atoms with Crippen LogP contribution in [0.1, 0.15) is 44.8 Å². The molecule has 0 radical (unpaired) electrons. The summed E-state index contributed by atoms with van der Waals surface area (Å²) in [5.41, 5.74) is 7.90. The molecule has 5 heteroatoms. The van der Waals surface area contributed by atoms with Crippen molar-refractivity contribution in [2.24, 2.45) is 0 Å². The number of nitrogens with zero attached hydrogens (tertiary/aromatic N) is 3. The van der Waals surface area contributed by atoms with E-state index in [9.17, 15) is 0 Å². The Morgan fingerprint density at radius 3 is 2.68 bits per heavy atom. The van der Waals surface area contributed by atoms with Gasteiger partial charge in [0.05, 0.1) is 11.4 Å². The Bertz CT molecular complexity index is 461. The maximum absolute atomic E-state index is 6.17. The third-order valence-electron chi connectivity index (χ3n) is 4.24. The SMILES string of the molecule is Cc1nn(C(C)C)c(NC2CCN(C3CC3)C2)c1N. The molecule has 0 aromatic carbocycles. The number of nitrogens with two attached hydrogens (primary N) is 1. The first-order valence-corrected chi connectivity index (χ1v) is 7.41. The molecule has 2 fully saturated rings. The summed E-state index contributed by atoms with van der Waals surface area (Å²) >= 11 is 0. The molecule has 0 amide bonds. The molecule has 2 heterocycles. The maximum atomic E-state index is 6.17. The molecule has 3 rings (SSSR count). The zero-order valence-corrected chi connectivity index (χ0v) is 12.2. The highest BCUT2D eigenvalue weighted by Gasteiger charge is 2.34. The van der Waals surface area contributed by atoms with Crippen LogP contribution in [0.3, 0.4) is 0 Å². The molecule has 0 spiro atoms. The van der Waals surface area contributed by atoms with Crippen molar-refractivity contribution in [3.63, 3.8) is 0 Å². The Morgan fingerprint density at radius 1 is 1.32 bits per heavy atom. The molecule has 1 aromatic rings. The monoisotopic (exact) mass is 263 g/mol. The Hall–Kier alpha value is -1.23. The number of anilines is 2. The maximum Gasteiger partial charge on any atom is 0.148 e. The lowest BCUT2D eigenvalue weighted by Gasteiger charge is -2.19. The van der Waals surface area contributed by atoms with Crippen LogP contribution in [0.5, 0.6) is 0 Å². The van der Waals surface area contributed by atoms with Crippen molar-refractivity contribution in [1.29, 1.82) is 0 Å². The van der Waals surface area contributed by atoms with Gasteiger partial charge in [0.2, 0.25) is 0 Å². The van der Waals surface area contributed by atoms with Gasteiger partial charge in [-0.25, -0.2) is 4.68 Å². The molecule has 19 heavy (non-hydrogen) atoms. The number of nitrogens with one attached hydrogen (secondary N) is 1. The van der Waals surface area contributed by atoms with E-state index in [0.29, 0.717) is 12.1 Å². The summed E-state index contributed by atoms with van der Waals surface area (Å²) in [6, 6.07) is 1.71. The van der Waals surface area contributed by atoms with Crippen LogP contribution in [0, 0.1) is 6.92 Å². The van der Waals surface area contributed by atoms with E-state index >= 15 is 0 Å². The van der Waals surface area contributed by atoms with Crippen LogP contribution in [-0.2, 0) is 0 Å². The van der Waals surface area contributed by atoms with Crippen molar-refractivity contribution in [2.75, 3.05) is 24.1 Å². The highest BCUT2D eigenvalue weighted by atomic mass is 15.4. The topological polar surface area (TPSA) is 59.1 Å². The third-order valence-corrected chi connectivity index (χ3v) is 4.24. The molecule has 1 unspecified atom stereocenters. The summed E-state index contributed by atoms with van der Waals surface area (Å²) in [5.74, 6) is 1.01. The van der Waals surface area contributed by atoms with Crippen molar-refractivity contribution < 1.29 is 0 Å². The minimum absolute atomic E-state index is 0.333. The lowest BCUT2D eigenvalue weighted by atomic mass is 10.2. The molecule has 1 aliphatic heterocycles. The first kappa shape index (κ1) is 12.8. The van der Waals surface area contributed by atoms with Crippen LogP contribution in [-0.4, -0.2) is 39.9 Å². The summed E-state index contributed by atoms with van der Waals surface area (Å²) in [7, 11) is 0. The smallest absolute Gasteiger partial charge is 0.148 e. The van der Waals surface area contributed by atoms with Gasteiger partial charge in [-0.2, -0.15) is 5.10 Å². The van der Waals surface area contributed by atoms with Crippen molar-refractivity contribution >= 4 is 11.5 Å². The molecule has 0 bridgehead atoms.